The Hall–Kier alpha value is -3.16. The van der Waals surface area contributed by atoms with Gasteiger partial charge in [0.05, 0.1) is 29.9 Å². The van der Waals surface area contributed by atoms with Crippen LogP contribution < -0.4 is 5.32 Å². The Kier molecular flexibility index (Phi) is 7.11. The van der Waals surface area contributed by atoms with E-state index in [1.165, 1.54) is 44.7 Å². The Balaban J connectivity index is 0.000000601. The predicted molar refractivity (Wildman–Crippen MR) is 125 cm³/mol. The molecule has 5 rings (SSSR count). The number of fused-ring (bicyclic) bond motifs is 1. The molecule has 1 N–H and O–H groups in total. The summed E-state index contributed by atoms with van der Waals surface area (Å²) in [7, 11) is 1.31. The van der Waals surface area contributed by atoms with E-state index in [0.717, 1.165) is 46.8 Å². The lowest BCUT2D eigenvalue weighted by Gasteiger charge is -2.29. The third-order valence-electron chi connectivity index (χ3n) is 6.62. The fourth-order valence-corrected chi connectivity index (χ4v) is 5.14. The largest absolute Gasteiger partial charge is 0.471 e. The van der Waals surface area contributed by atoms with Crippen LogP contribution in [0.1, 0.15) is 80.7 Å². The van der Waals surface area contributed by atoms with Crippen molar-refractivity contribution in [1.29, 1.82) is 0 Å². The van der Waals surface area contributed by atoms with E-state index in [4.69, 9.17) is 14.3 Å². The molecule has 176 valence electrons. The van der Waals surface area contributed by atoms with Crippen molar-refractivity contribution >= 4 is 23.4 Å². The first kappa shape index (κ1) is 23.0. The summed E-state index contributed by atoms with van der Waals surface area (Å²) >= 11 is 0. The molecule has 0 bridgehead atoms. The van der Waals surface area contributed by atoms with Gasteiger partial charge >= 0.3 is 0 Å². The topological polar surface area (TPSA) is 99.2 Å². The molecule has 2 aromatic heterocycles. The van der Waals surface area contributed by atoms with Gasteiger partial charge in [-0.25, -0.2) is 4.98 Å². The zero-order valence-electron chi connectivity index (χ0n) is 19.6. The number of hydrogen-bond donors (Lipinski definition) is 1. The SMILES string of the molecule is COC=O.Cc1noc(C)c1-c1ccc2c(c1)nc([C@@H]1CCCC(=O)N1)n2C1CCCCC1. The molecule has 1 saturated heterocycles. The fourth-order valence-electron chi connectivity index (χ4n) is 5.14. The molecule has 1 atom stereocenters. The van der Waals surface area contributed by atoms with Gasteiger partial charge in [-0.1, -0.05) is 30.5 Å². The molecule has 0 spiro atoms. The van der Waals surface area contributed by atoms with Crippen LogP contribution in [0.3, 0.4) is 0 Å². The van der Waals surface area contributed by atoms with Crippen molar-refractivity contribution in [1.82, 2.24) is 20.0 Å². The maximum atomic E-state index is 12.1. The third kappa shape index (κ3) is 4.79. The number of carbonyl (C=O) groups is 2. The van der Waals surface area contributed by atoms with Crippen LogP contribution in [-0.4, -0.2) is 34.2 Å². The highest BCUT2D eigenvalue weighted by Crippen LogP contribution is 2.37. The molecule has 1 aromatic carbocycles. The van der Waals surface area contributed by atoms with Crippen LogP contribution >= 0.6 is 0 Å². The Morgan fingerprint density at radius 2 is 1.91 bits per heavy atom. The van der Waals surface area contributed by atoms with Crippen LogP contribution in [0.2, 0.25) is 0 Å². The summed E-state index contributed by atoms with van der Waals surface area (Å²) in [6.45, 7) is 4.29. The third-order valence-corrected chi connectivity index (χ3v) is 6.62. The van der Waals surface area contributed by atoms with Crippen molar-refractivity contribution < 1.29 is 18.8 Å². The number of amides is 1. The number of nitrogens with zero attached hydrogens (tertiary/aromatic N) is 3. The normalized spacial score (nSPS) is 19.0. The highest BCUT2D eigenvalue weighted by Gasteiger charge is 2.29. The Bertz CT molecular complexity index is 1110. The van der Waals surface area contributed by atoms with Crippen LogP contribution in [0.5, 0.6) is 0 Å². The van der Waals surface area contributed by atoms with Crippen molar-refractivity contribution in [2.24, 2.45) is 0 Å². The molecule has 0 unspecified atom stereocenters. The molecule has 1 amide bonds. The first-order chi connectivity index (χ1) is 16.0. The zero-order chi connectivity index (χ0) is 23.4. The van der Waals surface area contributed by atoms with Crippen LogP contribution in [0.4, 0.5) is 0 Å². The molecule has 1 aliphatic heterocycles. The van der Waals surface area contributed by atoms with Crippen LogP contribution in [0.15, 0.2) is 22.7 Å². The number of aryl methyl sites for hydroxylation is 2. The number of nitrogens with one attached hydrogen (secondary N) is 1. The van der Waals surface area contributed by atoms with E-state index in [1.807, 2.05) is 13.8 Å². The molecular formula is C25H32N4O4. The van der Waals surface area contributed by atoms with E-state index in [9.17, 15) is 4.79 Å². The number of aromatic nitrogens is 3. The number of imidazole rings is 1. The molecule has 0 radical (unpaired) electrons. The number of ether oxygens (including phenoxy) is 1. The minimum absolute atomic E-state index is 0.00749. The van der Waals surface area contributed by atoms with Gasteiger partial charge in [-0.3, -0.25) is 9.59 Å². The second kappa shape index (κ2) is 10.2. The van der Waals surface area contributed by atoms with E-state index < -0.39 is 0 Å². The van der Waals surface area contributed by atoms with E-state index >= 15 is 0 Å². The van der Waals surface area contributed by atoms with Gasteiger partial charge in [0.1, 0.15) is 11.6 Å². The van der Waals surface area contributed by atoms with Crippen molar-refractivity contribution in [3.63, 3.8) is 0 Å². The molecule has 33 heavy (non-hydrogen) atoms. The summed E-state index contributed by atoms with van der Waals surface area (Å²) in [6.07, 6.45) is 8.71. The molecule has 3 heterocycles. The minimum atomic E-state index is 0.00749. The molecule has 8 heteroatoms. The highest BCUT2D eigenvalue weighted by molar-refractivity contribution is 5.84. The molecule has 2 aliphatic rings. The van der Waals surface area contributed by atoms with E-state index in [0.29, 0.717) is 18.9 Å². The van der Waals surface area contributed by atoms with Crippen molar-refractivity contribution in [3.05, 3.63) is 35.5 Å². The fraction of sp³-hybridized carbons (Fsp3) is 0.520. The van der Waals surface area contributed by atoms with Crippen LogP contribution in [0.25, 0.3) is 22.2 Å². The average molecular weight is 453 g/mol. The lowest BCUT2D eigenvalue weighted by Crippen LogP contribution is -2.34. The number of benzene rings is 1. The minimum Gasteiger partial charge on any atom is -0.471 e. The second-order valence-corrected chi connectivity index (χ2v) is 8.88. The van der Waals surface area contributed by atoms with Gasteiger partial charge in [0.2, 0.25) is 5.91 Å². The van der Waals surface area contributed by atoms with Gasteiger partial charge in [-0.2, -0.15) is 0 Å². The van der Waals surface area contributed by atoms with Crippen LogP contribution in [-0.2, 0) is 14.3 Å². The summed E-state index contributed by atoms with van der Waals surface area (Å²) in [4.78, 5) is 26.1. The molecular weight excluding hydrogens is 420 g/mol. The molecule has 1 aliphatic carbocycles. The molecule has 1 saturated carbocycles. The first-order valence-corrected chi connectivity index (χ1v) is 11.7. The van der Waals surface area contributed by atoms with Gasteiger partial charge in [-0.15, -0.1) is 0 Å². The van der Waals surface area contributed by atoms with Gasteiger partial charge < -0.3 is 19.1 Å². The van der Waals surface area contributed by atoms with Gasteiger partial charge in [0, 0.05) is 18.0 Å². The van der Waals surface area contributed by atoms with E-state index in [2.05, 4.69) is 38.0 Å². The summed E-state index contributed by atoms with van der Waals surface area (Å²) in [6, 6.07) is 6.96. The van der Waals surface area contributed by atoms with Gasteiger partial charge in [-0.05, 0) is 57.2 Å². The van der Waals surface area contributed by atoms with Crippen LogP contribution in [0, 0.1) is 13.8 Å². The van der Waals surface area contributed by atoms with Crippen molar-refractivity contribution in [2.45, 2.75) is 77.3 Å². The molecule has 2 fully saturated rings. The smallest absolute Gasteiger partial charge is 0.292 e. The maximum absolute atomic E-state index is 12.1. The number of methoxy groups -OCH3 is 1. The number of hydrogen-bond acceptors (Lipinski definition) is 6. The summed E-state index contributed by atoms with van der Waals surface area (Å²) in [5.74, 6) is 1.99. The van der Waals surface area contributed by atoms with E-state index in [-0.39, 0.29) is 11.9 Å². The number of rotatable bonds is 4. The van der Waals surface area contributed by atoms with Crippen molar-refractivity contribution in [2.75, 3.05) is 7.11 Å². The summed E-state index contributed by atoms with van der Waals surface area (Å²) < 4.78 is 11.7. The lowest BCUT2D eigenvalue weighted by molar-refractivity contribution is -0.126. The molecule has 8 nitrogen and oxygen atoms in total. The number of carbonyl (C=O) groups excluding carboxylic acids is 2. The zero-order valence-corrected chi connectivity index (χ0v) is 19.6. The Morgan fingerprint density at radius 3 is 2.55 bits per heavy atom. The van der Waals surface area contributed by atoms with E-state index in [1.54, 1.807) is 0 Å². The Morgan fingerprint density at radius 1 is 1.15 bits per heavy atom. The number of piperidine rings is 1. The Labute approximate surface area is 193 Å². The summed E-state index contributed by atoms with van der Waals surface area (Å²) in [5.41, 5.74) is 5.19. The van der Waals surface area contributed by atoms with Gasteiger partial charge in [0.25, 0.3) is 6.47 Å². The maximum Gasteiger partial charge on any atom is 0.292 e. The second-order valence-electron chi connectivity index (χ2n) is 8.88. The lowest BCUT2D eigenvalue weighted by atomic mass is 9.94. The molecule has 3 aromatic rings. The van der Waals surface area contributed by atoms with Crippen molar-refractivity contribution in [3.8, 4) is 11.1 Å². The van der Waals surface area contributed by atoms with Gasteiger partial charge in [0.15, 0.2) is 0 Å². The standard InChI is InChI=1S/C23H28N4O2.C2H4O2/c1-14-22(15(2)29-26-14)16-11-12-20-19(13-16)25-23(18-9-6-10-21(28)24-18)27(20)17-7-4-3-5-8-17;1-4-2-3/h11-13,17-18H,3-10H2,1-2H3,(H,24,28);2H,1H3/t18-;/m0./s1. The monoisotopic (exact) mass is 452 g/mol. The quantitative estimate of drug-likeness (QED) is 0.563. The highest BCUT2D eigenvalue weighted by atomic mass is 16.5. The predicted octanol–water partition coefficient (Wildman–Crippen LogP) is 4.94. The summed E-state index contributed by atoms with van der Waals surface area (Å²) in [5, 5.41) is 7.29. The average Bonchev–Trinajstić information content (AvgIpc) is 3.38. The first-order valence-electron chi connectivity index (χ1n) is 11.7.